The van der Waals surface area contributed by atoms with Crippen LogP contribution in [0.25, 0.3) is 0 Å². The standard InChI is InChI=1S/C7H10N2O2S/c1-5(10)4-6(11)9-7-8-2-3-12-7/h2-4H2,1H3,(H,8,9,11). The fourth-order valence-corrected chi connectivity index (χ4v) is 1.54. The average Bonchev–Trinajstić information content (AvgIpc) is 2.37. The summed E-state index contributed by atoms with van der Waals surface area (Å²) in [4.78, 5) is 25.5. The van der Waals surface area contributed by atoms with E-state index in [0.29, 0.717) is 5.17 Å². The van der Waals surface area contributed by atoms with E-state index in [-0.39, 0.29) is 18.1 Å². The minimum absolute atomic E-state index is 0.0560. The van der Waals surface area contributed by atoms with Gasteiger partial charge in [0.15, 0.2) is 5.17 Å². The summed E-state index contributed by atoms with van der Waals surface area (Å²) in [6.07, 6.45) is -0.0560. The SMILES string of the molecule is CC(=O)CC(=O)NC1=NCCS1. The maximum Gasteiger partial charge on any atom is 0.233 e. The third kappa shape index (κ3) is 3.04. The van der Waals surface area contributed by atoms with Gasteiger partial charge in [-0.2, -0.15) is 0 Å². The van der Waals surface area contributed by atoms with Crippen LogP contribution in [0.2, 0.25) is 0 Å². The Labute approximate surface area is 74.8 Å². The highest BCUT2D eigenvalue weighted by atomic mass is 32.2. The van der Waals surface area contributed by atoms with E-state index in [0.717, 1.165) is 12.3 Å². The van der Waals surface area contributed by atoms with Crippen molar-refractivity contribution in [2.24, 2.45) is 4.99 Å². The van der Waals surface area contributed by atoms with Crippen LogP contribution in [0.15, 0.2) is 4.99 Å². The molecule has 5 heteroatoms. The van der Waals surface area contributed by atoms with E-state index < -0.39 is 0 Å². The summed E-state index contributed by atoms with van der Waals surface area (Å²) < 4.78 is 0. The molecule has 0 spiro atoms. The number of Topliss-reactive ketones (excluding diaryl/α,β-unsaturated/α-hetero) is 1. The summed E-state index contributed by atoms with van der Waals surface area (Å²) in [6.45, 7) is 2.14. The zero-order valence-corrected chi connectivity index (χ0v) is 7.61. The second-order valence-corrected chi connectivity index (χ2v) is 3.55. The molecule has 1 N–H and O–H groups in total. The van der Waals surface area contributed by atoms with Gasteiger partial charge < -0.3 is 5.32 Å². The van der Waals surface area contributed by atoms with Crippen LogP contribution in [0.3, 0.4) is 0 Å². The average molecular weight is 186 g/mol. The molecule has 0 atom stereocenters. The first-order valence-electron chi connectivity index (χ1n) is 3.65. The highest BCUT2D eigenvalue weighted by Crippen LogP contribution is 2.08. The minimum atomic E-state index is -0.268. The van der Waals surface area contributed by atoms with Gasteiger partial charge in [0.1, 0.15) is 5.78 Å². The first-order valence-corrected chi connectivity index (χ1v) is 4.63. The summed E-state index contributed by atoms with van der Waals surface area (Å²) in [5.74, 6) is 0.516. The van der Waals surface area contributed by atoms with Gasteiger partial charge in [-0.25, -0.2) is 0 Å². The van der Waals surface area contributed by atoms with Crippen LogP contribution < -0.4 is 5.32 Å². The molecule has 0 aliphatic carbocycles. The molecule has 1 aliphatic rings. The molecule has 0 saturated heterocycles. The van der Waals surface area contributed by atoms with Crippen LogP contribution in [0.4, 0.5) is 0 Å². The third-order valence-corrected chi connectivity index (χ3v) is 2.13. The Kier molecular flexibility index (Phi) is 3.28. The lowest BCUT2D eigenvalue weighted by molar-refractivity contribution is -0.126. The second-order valence-electron chi connectivity index (χ2n) is 2.46. The molecular weight excluding hydrogens is 176 g/mol. The van der Waals surface area contributed by atoms with Crippen LogP contribution in [0, 0.1) is 0 Å². The number of carbonyl (C=O) groups excluding carboxylic acids is 2. The molecule has 0 bridgehead atoms. The summed E-state index contributed by atoms with van der Waals surface area (Å²) in [5, 5.41) is 3.20. The zero-order chi connectivity index (χ0) is 8.97. The molecule has 0 aromatic rings. The highest BCUT2D eigenvalue weighted by molar-refractivity contribution is 8.14. The van der Waals surface area contributed by atoms with Gasteiger partial charge in [0.25, 0.3) is 0 Å². The van der Waals surface area contributed by atoms with E-state index in [4.69, 9.17) is 0 Å². The largest absolute Gasteiger partial charge is 0.305 e. The predicted molar refractivity (Wildman–Crippen MR) is 48.2 cm³/mol. The predicted octanol–water partition coefficient (Wildman–Crippen LogP) is 0.185. The van der Waals surface area contributed by atoms with Crippen molar-refractivity contribution in [2.75, 3.05) is 12.3 Å². The normalized spacial score (nSPS) is 15.6. The fraction of sp³-hybridized carbons (Fsp3) is 0.571. The highest BCUT2D eigenvalue weighted by Gasteiger charge is 2.11. The van der Waals surface area contributed by atoms with Gasteiger partial charge in [-0.3, -0.25) is 14.6 Å². The number of thioether (sulfide) groups is 1. The Balaban J connectivity index is 2.30. The smallest absolute Gasteiger partial charge is 0.233 e. The zero-order valence-electron chi connectivity index (χ0n) is 6.79. The van der Waals surface area contributed by atoms with Crippen molar-refractivity contribution < 1.29 is 9.59 Å². The monoisotopic (exact) mass is 186 g/mol. The summed E-state index contributed by atoms with van der Waals surface area (Å²) >= 11 is 1.50. The van der Waals surface area contributed by atoms with Crippen molar-refractivity contribution >= 4 is 28.6 Å². The molecule has 0 saturated carbocycles. The number of ketones is 1. The van der Waals surface area contributed by atoms with E-state index in [2.05, 4.69) is 10.3 Å². The lowest BCUT2D eigenvalue weighted by Gasteiger charge is -2.00. The number of nitrogens with one attached hydrogen (secondary N) is 1. The van der Waals surface area contributed by atoms with Crippen LogP contribution in [0.5, 0.6) is 0 Å². The van der Waals surface area contributed by atoms with Gasteiger partial charge in [-0.15, -0.1) is 0 Å². The van der Waals surface area contributed by atoms with E-state index in [1.807, 2.05) is 0 Å². The molecule has 66 valence electrons. The van der Waals surface area contributed by atoms with Crippen LogP contribution in [-0.4, -0.2) is 29.2 Å². The van der Waals surface area contributed by atoms with Crippen molar-refractivity contribution in [3.8, 4) is 0 Å². The number of hydrogen-bond acceptors (Lipinski definition) is 4. The topological polar surface area (TPSA) is 58.5 Å². The Morgan fingerprint density at radius 1 is 1.67 bits per heavy atom. The van der Waals surface area contributed by atoms with Gasteiger partial charge >= 0.3 is 0 Å². The molecule has 1 aliphatic heterocycles. The number of aliphatic imine (C=N–C) groups is 1. The van der Waals surface area contributed by atoms with Crippen molar-refractivity contribution in [1.29, 1.82) is 0 Å². The Bertz CT molecular complexity index is 238. The number of hydrogen-bond donors (Lipinski definition) is 1. The molecule has 1 rings (SSSR count). The van der Waals surface area contributed by atoms with Crippen LogP contribution in [-0.2, 0) is 9.59 Å². The molecule has 1 amide bonds. The van der Waals surface area contributed by atoms with Crippen LogP contribution >= 0.6 is 11.8 Å². The number of amidine groups is 1. The van der Waals surface area contributed by atoms with Crippen molar-refractivity contribution in [3.63, 3.8) is 0 Å². The number of rotatable bonds is 2. The van der Waals surface area contributed by atoms with Crippen molar-refractivity contribution in [1.82, 2.24) is 5.32 Å². The molecular formula is C7H10N2O2S. The van der Waals surface area contributed by atoms with E-state index in [1.165, 1.54) is 18.7 Å². The number of nitrogens with zero attached hydrogens (tertiary/aromatic N) is 1. The lowest BCUT2D eigenvalue weighted by Crippen LogP contribution is -2.28. The van der Waals surface area contributed by atoms with Gasteiger partial charge in [0.2, 0.25) is 5.91 Å². The molecule has 0 fully saturated rings. The van der Waals surface area contributed by atoms with Gasteiger partial charge in [-0.05, 0) is 6.92 Å². The number of carbonyl (C=O) groups is 2. The van der Waals surface area contributed by atoms with E-state index in [1.54, 1.807) is 0 Å². The Morgan fingerprint density at radius 2 is 2.42 bits per heavy atom. The quantitative estimate of drug-likeness (QED) is 0.626. The second kappa shape index (κ2) is 4.25. The van der Waals surface area contributed by atoms with Gasteiger partial charge in [-0.1, -0.05) is 11.8 Å². The summed E-state index contributed by atoms with van der Waals surface area (Å²) in [7, 11) is 0. The molecule has 0 radical (unpaired) electrons. The molecule has 0 unspecified atom stereocenters. The van der Waals surface area contributed by atoms with E-state index in [9.17, 15) is 9.59 Å². The van der Waals surface area contributed by atoms with Crippen molar-refractivity contribution in [3.05, 3.63) is 0 Å². The lowest BCUT2D eigenvalue weighted by atomic mass is 10.3. The summed E-state index contributed by atoms with van der Waals surface area (Å²) in [6, 6.07) is 0. The Morgan fingerprint density at radius 3 is 2.92 bits per heavy atom. The molecule has 12 heavy (non-hydrogen) atoms. The maximum atomic E-state index is 11.0. The minimum Gasteiger partial charge on any atom is -0.305 e. The first-order chi connectivity index (χ1) is 5.68. The maximum absolute atomic E-state index is 11.0. The molecule has 0 aromatic heterocycles. The van der Waals surface area contributed by atoms with Crippen LogP contribution in [0.1, 0.15) is 13.3 Å². The van der Waals surface area contributed by atoms with Gasteiger partial charge in [0.05, 0.1) is 13.0 Å². The third-order valence-electron chi connectivity index (χ3n) is 1.24. The molecule has 1 heterocycles. The Hall–Kier alpha value is -0.840. The summed E-state index contributed by atoms with van der Waals surface area (Å²) in [5.41, 5.74) is 0. The van der Waals surface area contributed by atoms with Crippen molar-refractivity contribution in [2.45, 2.75) is 13.3 Å². The fourth-order valence-electron chi connectivity index (χ4n) is 0.800. The molecule has 0 aromatic carbocycles. The molecule has 4 nitrogen and oxygen atoms in total. The van der Waals surface area contributed by atoms with E-state index >= 15 is 0 Å². The first kappa shape index (κ1) is 9.25. The number of amides is 1. The van der Waals surface area contributed by atoms with Gasteiger partial charge in [0, 0.05) is 5.75 Å².